The molecule has 0 aliphatic heterocycles. The van der Waals surface area contributed by atoms with E-state index in [4.69, 9.17) is 4.43 Å². The number of hydrogen-bond donors (Lipinski definition) is 0. The van der Waals surface area contributed by atoms with Gasteiger partial charge in [-0.05, 0) is 36.7 Å². The zero-order valence-corrected chi connectivity index (χ0v) is 15.9. The van der Waals surface area contributed by atoms with Gasteiger partial charge in [-0.1, -0.05) is 26.8 Å². The minimum Gasteiger partial charge on any atom is -0.549 e. The van der Waals surface area contributed by atoms with E-state index in [0.29, 0.717) is 18.8 Å². The maximum absolute atomic E-state index is 11.3. The van der Waals surface area contributed by atoms with Crippen LogP contribution in [-0.4, -0.2) is 31.1 Å². The molecule has 6 heteroatoms. The van der Waals surface area contributed by atoms with Crippen molar-refractivity contribution in [3.8, 4) is 0 Å². The average Bonchev–Trinajstić information content (AvgIpc) is 2.42. The minimum atomic E-state index is -1.83. The van der Waals surface area contributed by atoms with Crippen LogP contribution in [0.5, 0.6) is 0 Å². The number of thioether (sulfide) groups is 1. The number of rotatable bonds is 8. The van der Waals surface area contributed by atoms with Gasteiger partial charge in [-0.25, -0.2) is 0 Å². The van der Waals surface area contributed by atoms with Crippen LogP contribution >= 0.6 is 11.8 Å². The van der Waals surface area contributed by atoms with Crippen molar-refractivity contribution in [2.24, 2.45) is 0 Å². The molecule has 1 atom stereocenters. The van der Waals surface area contributed by atoms with E-state index in [9.17, 15) is 9.90 Å². The van der Waals surface area contributed by atoms with Crippen molar-refractivity contribution >= 4 is 26.0 Å². The summed E-state index contributed by atoms with van der Waals surface area (Å²) in [6.07, 6.45) is 2.18. The van der Waals surface area contributed by atoms with Crippen molar-refractivity contribution < 1.29 is 14.3 Å². The maximum atomic E-state index is 11.3. The number of aliphatic carboxylic acids is 1. The van der Waals surface area contributed by atoms with Crippen LogP contribution in [0.1, 0.15) is 32.9 Å². The molecular weight excluding hydrogens is 314 g/mol. The van der Waals surface area contributed by atoms with Crippen molar-refractivity contribution in [1.82, 2.24) is 4.98 Å². The largest absolute Gasteiger partial charge is 0.549 e. The molecule has 1 rings (SSSR count). The fourth-order valence-electron chi connectivity index (χ4n) is 1.58. The molecule has 0 radical (unpaired) electrons. The van der Waals surface area contributed by atoms with Crippen molar-refractivity contribution in [2.45, 2.75) is 56.3 Å². The molecule has 22 heavy (non-hydrogen) atoms. The molecule has 0 fully saturated rings. The summed E-state index contributed by atoms with van der Waals surface area (Å²) < 4.78 is 6.05. The summed E-state index contributed by atoms with van der Waals surface area (Å²) in [5, 5.41) is 10.8. The Morgan fingerprint density at radius 3 is 2.59 bits per heavy atom. The predicted octanol–water partition coefficient (Wildman–Crippen LogP) is 2.85. The molecule has 0 aliphatic carbocycles. The first-order valence-corrected chi connectivity index (χ1v) is 11.5. The van der Waals surface area contributed by atoms with Gasteiger partial charge in [0.1, 0.15) is 0 Å². The smallest absolute Gasteiger partial charge is 0.191 e. The van der Waals surface area contributed by atoms with Crippen molar-refractivity contribution in [3.05, 3.63) is 30.1 Å². The van der Waals surface area contributed by atoms with Gasteiger partial charge in [-0.2, -0.15) is 0 Å². The summed E-state index contributed by atoms with van der Waals surface area (Å²) in [5.74, 6) is -0.459. The molecule has 0 aliphatic rings. The topological polar surface area (TPSA) is 62.2 Å². The van der Waals surface area contributed by atoms with E-state index in [2.05, 4.69) is 38.8 Å². The molecule has 0 amide bonds. The third-order valence-corrected chi connectivity index (χ3v) is 9.90. The van der Waals surface area contributed by atoms with Crippen LogP contribution in [0.2, 0.25) is 18.1 Å². The van der Waals surface area contributed by atoms with Crippen molar-refractivity contribution in [3.63, 3.8) is 0 Å². The van der Waals surface area contributed by atoms with Gasteiger partial charge in [0.05, 0.1) is 11.7 Å². The van der Waals surface area contributed by atoms with Crippen LogP contribution in [-0.2, 0) is 15.0 Å². The Labute approximate surface area is 138 Å². The third-order valence-electron chi connectivity index (χ3n) is 4.07. The van der Waals surface area contributed by atoms with Gasteiger partial charge in [-0.15, -0.1) is 11.8 Å². The first-order valence-electron chi connectivity index (χ1n) is 7.50. The lowest BCUT2D eigenvalue weighted by atomic mass is 10.2. The number of carbonyl (C=O) groups excluding carboxylic acids is 1. The molecule has 0 spiro atoms. The fourth-order valence-corrected chi connectivity index (χ4v) is 3.58. The van der Waals surface area contributed by atoms with Crippen LogP contribution in [0.4, 0.5) is 0 Å². The third kappa shape index (κ3) is 6.10. The number of hydrogen-bond acceptors (Lipinski definition) is 5. The van der Waals surface area contributed by atoms with Crippen molar-refractivity contribution in [2.75, 3.05) is 6.61 Å². The molecule has 1 aromatic heterocycles. The van der Waals surface area contributed by atoms with Gasteiger partial charge in [0, 0.05) is 23.8 Å². The van der Waals surface area contributed by atoms with E-state index < -0.39 is 19.5 Å². The lowest BCUT2D eigenvalue weighted by Gasteiger charge is -2.36. The molecule has 1 aromatic rings. The van der Waals surface area contributed by atoms with Gasteiger partial charge < -0.3 is 14.3 Å². The molecule has 4 nitrogen and oxygen atoms in total. The van der Waals surface area contributed by atoms with Gasteiger partial charge in [-0.3, -0.25) is 4.98 Å². The second-order valence-electron chi connectivity index (χ2n) is 6.84. The van der Waals surface area contributed by atoms with E-state index in [1.807, 2.05) is 18.2 Å². The molecular formula is C16H26NO3SSi-. The highest BCUT2D eigenvalue weighted by Gasteiger charge is 2.37. The van der Waals surface area contributed by atoms with Crippen LogP contribution in [0.3, 0.4) is 0 Å². The van der Waals surface area contributed by atoms with Crippen LogP contribution < -0.4 is 5.11 Å². The lowest BCUT2D eigenvalue weighted by molar-refractivity contribution is -0.305. The molecule has 0 saturated heterocycles. The summed E-state index contributed by atoms with van der Waals surface area (Å²) in [7, 11) is -1.83. The Hall–Kier alpha value is -0.853. The van der Waals surface area contributed by atoms with Gasteiger partial charge in [0.25, 0.3) is 0 Å². The van der Waals surface area contributed by atoms with Crippen LogP contribution in [0.15, 0.2) is 24.4 Å². The van der Waals surface area contributed by atoms with Crippen LogP contribution in [0.25, 0.3) is 0 Å². The number of aromatic nitrogens is 1. The van der Waals surface area contributed by atoms with Crippen LogP contribution in [0, 0.1) is 0 Å². The Balaban J connectivity index is 2.47. The van der Waals surface area contributed by atoms with E-state index in [-0.39, 0.29) is 5.04 Å². The first kappa shape index (κ1) is 19.2. The van der Waals surface area contributed by atoms with Gasteiger partial charge >= 0.3 is 0 Å². The standard InChI is InChI=1S/C16H27NO3SSi/c1-16(2,3)22(4,5)20-11-9-14(15(18)19)21-12-13-8-6-7-10-17-13/h6-8,10,14H,9,11-12H2,1-5H3,(H,18,19)/p-1. The predicted molar refractivity (Wildman–Crippen MR) is 92.1 cm³/mol. The van der Waals surface area contributed by atoms with Gasteiger partial charge in [0.2, 0.25) is 0 Å². The zero-order valence-electron chi connectivity index (χ0n) is 14.1. The Kier molecular flexibility index (Phi) is 7.09. The highest BCUT2D eigenvalue weighted by atomic mass is 32.2. The summed E-state index contributed by atoms with van der Waals surface area (Å²) in [6.45, 7) is 11.3. The quantitative estimate of drug-likeness (QED) is 0.681. The molecule has 0 bridgehead atoms. The Morgan fingerprint density at radius 2 is 2.09 bits per heavy atom. The number of carbonyl (C=O) groups is 1. The average molecular weight is 341 g/mol. The minimum absolute atomic E-state index is 0.130. The van der Waals surface area contributed by atoms with Crippen molar-refractivity contribution in [1.29, 1.82) is 0 Å². The zero-order chi connectivity index (χ0) is 16.8. The molecule has 1 heterocycles. The van der Waals surface area contributed by atoms with E-state index >= 15 is 0 Å². The maximum Gasteiger partial charge on any atom is 0.191 e. The number of carboxylic acid groups (broad SMARTS) is 1. The molecule has 0 N–H and O–H groups in total. The summed E-state index contributed by atoms with van der Waals surface area (Å²) >= 11 is 1.35. The second kappa shape index (κ2) is 8.13. The Bertz CT molecular complexity index is 474. The number of nitrogens with zero attached hydrogens (tertiary/aromatic N) is 1. The fraction of sp³-hybridized carbons (Fsp3) is 0.625. The summed E-state index contributed by atoms with van der Waals surface area (Å²) in [6, 6.07) is 5.64. The second-order valence-corrected chi connectivity index (χ2v) is 12.8. The highest BCUT2D eigenvalue weighted by Crippen LogP contribution is 2.36. The molecule has 0 aromatic carbocycles. The summed E-state index contributed by atoms with van der Waals surface area (Å²) in [5.41, 5.74) is 0.879. The number of pyridine rings is 1. The van der Waals surface area contributed by atoms with E-state index in [0.717, 1.165) is 5.69 Å². The Morgan fingerprint density at radius 1 is 1.41 bits per heavy atom. The molecule has 1 unspecified atom stereocenters. The first-order chi connectivity index (χ1) is 10.1. The molecule has 124 valence electrons. The van der Waals surface area contributed by atoms with E-state index in [1.165, 1.54) is 11.8 Å². The SMILES string of the molecule is CC(C)(C)[Si](C)(C)OCCC(SCc1ccccn1)C(=O)[O-]. The van der Waals surface area contributed by atoms with Gasteiger partial charge in [0.15, 0.2) is 8.32 Å². The highest BCUT2D eigenvalue weighted by molar-refractivity contribution is 7.99. The summed E-state index contributed by atoms with van der Waals surface area (Å²) in [4.78, 5) is 15.5. The molecule has 0 saturated carbocycles. The number of carboxylic acids is 1. The normalized spacial score (nSPS) is 13.9. The lowest BCUT2D eigenvalue weighted by Crippen LogP contribution is -2.42. The van der Waals surface area contributed by atoms with E-state index in [1.54, 1.807) is 6.20 Å². The monoisotopic (exact) mass is 340 g/mol.